The molecule has 230 valence electrons. The van der Waals surface area contributed by atoms with Crippen LogP contribution in [0.2, 0.25) is 5.02 Å². The number of nitrogens with one attached hydrogen (secondary N) is 1. The van der Waals surface area contributed by atoms with Crippen LogP contribution in [0, 0.1) is 11.8 Å². The second-order valence-electron chi connectivity index (χ2n) is 12.2. The number of carbonyl (C=O) groups is 1. The minimum atomic E-state index is -3.91. The van der Waals surface area contributed by atoms with Crippen molar-refractivity contribution in [2.45, 2.75) is 88.6 Å². The van der Waals surface area contributed by atoms with Gasteiger partial charge >= 0.3 is 0 Å². The summed E-state index contributed by atoms with van der Waals surface area (Å²) in [7, 11) is -3.91. The number of rotatable bonds is 2. The van der Waals surface area contributed by atoms with E-state index >= 15 is 0 Å². The summed E-state index contributed by atoms with van der Waals surface area (Å²) in [5.41, 5.74) is 1.99. The van der Waals surface area contributed by atoms with Crippen LogP contribution in [0.1, 0.15) is 86.2 Å². The molecular weight excluding hydrogens is 576 g/mol. The van der Waals surface area contributed by atoms with E-state index in [4.69, 9.17) is 16.3 Å². The highest BCUT2D eigenvalue weighted by Crippen LogP contribution is 2.46. The molecule has 2 bridgehead atoms. The number of amides is 1. The lowest BCUT2D eigenvalue weighted by Gasteiger charge is -2.48. The van der Waals surface area contributed by atoms with E-state index in [0.717, 1.165) is 48.9 Å². The third-order valence-electron chi connectivity index (χ3n) is 9.59. The summed E-state index contributed by atoms with van der Waals surface area (Å²) in [6.45, 7) is 3.17. The van der Waals surface area contributed by atoms with Crippen molar-refractivity contribution in [3.8, 4) is 5.75 Å². The zero-order valence-corrected chi connectivity index (χ0v) is 25.9. The maximum atomic E-state index is 13.3. The van der Waals surface area contributed by atoms with Gasteiger partial charge in [-0.25, -0.2) is 13.1 Å². The lowest BCUT2D eigenvalue weighted by molar-refractivity contribution is -0.117. The Morgan fingerprint density at radius 2 is 1.90 bits per heavy atom. The van der Waals surface area contributed by atoms with E-state index in [0.29, 0.717) is 62.6 Å². The number of aryl methyl sites for hydroxylation is 1. The molecule has 2 aliphatic heterocycles. The molecule has 0 unspecified atom stereocenters. The number of hydrogen-bond donors (Lipinski definition) is 3. The normalized spacial score (nSPS) is 28.6. The number of ether oxygens (including phenoxy) is 1. The summed E-state index contributed by atoms with van der Waals surface area (Å²) in [6.07, 6.45) is 6.82. The number of aliphatic hydroxyl groups is 2. The molecule has 1 fully saturated rings. The van der Waals surface area contributed by atoms with Crippen LogP contribution in [0.5, 0.6) is 5.75 Å². The molecule has 1 saturated carbocycles. The van der Waals surface area contributed by atoms with E-state index < -0.39 is 26.8 Å². The Morgan fingerprint density at radius 3 is 2.64 bits per heavy atom. The quantitative estimate of drug-likeness (QED) is 0.422. The van der Waals surface area contributed by atoms with Gasteiger partial charge in [-0.3, -0.25) is 4.79 Å². The van der Waals surface area contributed by atoms with Gasteiger partial charge < -0.3 is 19.8 Å². The predicted octanol–water partition coefficient (Wildman–Crippen LogP) is 5.22. The first-order chi connectivity index (χ1) is 20.1. The topological polar surface area (TPSA) is 116 Å². The Kier molecular flexibility index (Phi) is 9.72. The first-order valence-corrected chi connectivity index (χ1v) is 17.2. The van der Waals surface area contributed by atoms with Gasteiger partial charge in [-0.1, -0.05) is 37.4 Å². The van der Waals surface area contributed by atoms with Crippen molar-refractivity contribution < 1.29 is 28.2 Å². The number of nitrogens with zero attached hydrogens (tertiary/aromatic N) is 1. The molecule has 3 aliphatic rings. The molecular formula is C32H43ClN2O6S. The van der Waals surface area contributed by atoms with Gasteiger partial charge in [0.15, 0.2) is 0 Å². The molecule has 5 rings (SSSR count). The zero-order chi connectivity index (χ0) is 29.9. The number of carbonyl (C=O) groups excluding carboxylic acids is 1. The lowest BCUT2D eigenvalue weighted by atomic mass is 9.63. The maximum Gasteiger partial charge on any atom is 0.264 e. The van der Waals surface area contributed by atoms with Gasteiger partial charge in [0.1, 0.15) is 12.4 Å². The maximum absolute atomic E-state index is 13.3. The van der Waals surface area contributed by atoms with Crippen LogP contribution in [0.4, 0.5) is 5.69 Å². The summed E-state index contributed by atoms with van der Waals surface area (Å²) >= 11 is 6.30. The fraction of sp³-hybridized carbons (Fsp3) is 0.594. The highest BCUT2D eigenvalue weighted by molar-refractivity contribution is 7.90. The van der Waals surface area contributed by atoms with Gasteiger partial charge in [-0.15, -0.1) is 0 Å². The molecule has 0 spiro atoms. The highest BCUT2D eigenvalue weighted by Gasteiger charge is 2.46. The van der Waals surface area contributed by atoms with E-state index in [-0.39, 0.29) is 24.0 Å². The van der Waals surface area contributed by atoms with Gasteiger partial charge in [0.2, 0.25) is 10.0 Å². The number of benzene rings is 2. The summed E-state index contributed by atoms with van der Waals surface area (Å²) < 4.78 is 35.1. The molecule has 3 N–H and O–H groups in total. The average molecular weight is 619 g/mol. The molecule has 4 atom stereocenters. The molecule has 42 heavy (non-hydrogen) atoms. The van der Waals surface area contributed by atoms with E-state index in [2.05, 4.69) is 9.62 Å². The Labute approximate surface area is 254 Å². The number of halogens is 1. The Bertz CT molecular complexity index is 1390. The van der Waals surface area contributed by atoms with E-state index in [9.17, 15) is 23.4 Å². The second kappa shape index (κ2) is 13.1. The van der Waals surface area contributed by atoms with Crippen LogP contribution in [-0.2, 0) is 23.1 Å². The summed E-state index contributed by atoms with van der Waals surface area (Å²) in [6, 6.07) is 10.9. The third kappa shape index (κ3) is 6.74. The van der Waals surface area contributed by atoms with Crippen molar-refractivity contribution in [3.05, 3.63) is 58.1 Å². The van der Waals surface area contributed by atoms with Crippen LogP contribution in [0.15, 0.2) is 36.4 Å². The molecule has 0 aromatic heterocycles. The molecule has 0 radical (unpaired) electrons. The largest absolute Gasteiger partial charge is 0.487 e. The minimum absolute atomic E-state index is 0.0541. The molecule has 2 aromatic rings. The molecule has 1 aliphatic carbocycles. The predicted molar refractivity (Wildman–Crippen MR) is 165 cm³/mol. The molecule has 2 aromatic carbocycles. The van der Waals surface area contributed by atoms with Gasteiger partial charge in [0.25, 0.3) is 5.91 Å². The van der Waals surface area contributed by atoms with Gasteiger partial charge in [-0.05, 0) is 105 Å². The fourth-order valence-corrected chi connectivity index (χ4v) is 8.55. The van der Waals surface area contributed by atoms with E-state index in [1.54, 1.807) is 25.1 Å². The van der Waals surface area contributed by atoms with Crippen LogP contribution < -0.4 is 14.4 Å². The molecule has 1 amide bonds. The smallest absolute Gasteiger partial charge is 0.264 e. The van der Waals surface area contributed by atoms with Crippen molar-refractivity contribution >= 4 is 33.2 Å². The van der Waals surface area contributed by atoms with Crippen molar-refractivity contribution in [1.82, 2.24) is 4.72 Å². The highest BCUT2D eigenvalue weighted by atomic mass is 35.5. The van der Waals surface area contributed by atoms with Crippen molar-refractivity contribution in [2.75, 3.05) is 24.6 Å². The summed E-state index contributed by atoms with van der Waals surface area (Å²) in [5.74, 6) is 0.0821. The third-order valence-corrected chi connectivity index (χ3v) is 11.7. The fourth-order valence-electron chi connectivity index (χ4n) is 6.89. The van der Waals surface area contributed by atoms with Crippen LogP contribution in [0.25, 0.3) is 0 Å². The number of sulfonamides is 1. The van der Waals surface area contributed by atoms with Gasteiger partial charge in [-0.2, -0.15) is 0 Å². The Morgan fingerprint density at radius 1 is 1.07 bits per heavy atom. The van der Waals surface area contributed by atoms with Gasteiger partial charge in [0, 0.05) is 23.7 Å². The standard InChI is InChI=1S/C32H43ClN2O6S/c1-2-27-8-3-5-15-32(38,21-36)28-13-10-24(28)19-35-16-6-4-7-22-17-26(33)12-9-25(22)20-41-30-14-11-23(18-29(30)35)31(37)34-42(27,39)40/h9,11-12,14,17-18,24,27-28,36,38H,2-8,10,13,15-16,19-21H2,1H3,(H,34,37)/t24-,27+,28+,32+/m0/s1. The van der Waals surface area contributed by atoms with Crippen LogP contribution in [-0.4, -0.2) is 55.1 Å². The number of fused-ring (bicyclic) bond motifs is 3. The molecule has 2 heterocycles. The average Bonchev–Trinajstić information content (AvgIpc) is 2.97. The Hall–Kier alpha value is -2.33. The van der Waals surface area contributed by atoms with Crippen molar-refractivity contribution in [2.24, 2.45) is 11.8 Å². The second-order valence-corrected chi connectivity index (χ2v) is 14.6. The first-order valence-electron chi connectivity index (χ1n) is 15.3. The van der Waals surface area contributed by atoms with Crippen molar-refractivity contribution in [1.29, 1.82) is 0 Å². The molecule has 10 heteroatoms. The van der Waals surface area contributed by atoms with Crippen LogP contribution in [0.3, 0.4) is 0 Å². The van der Waals surface area contributed by atoms with E-state index in [1.165, 1.54) is 0 Å². The van der Waals surface area contributed by atoms with Crippen molar-refractivity contribution in [3.63, 3.8) is 0 Å². The van der Waals surface area contributed by atoms with Gasteiger partial charge in [0.05, 0.1) is 23.1 Å². The zero-order valence-electron chi connectivity index (χ0n) is 24.4. The molecule has 8 nitrogen and oxygen atoms in total. The minimum Gasteiger partial charge on any atom is -0.487 e. The van der Waals surface area contributed by atoms with Crippen LogP contribution >= 0.6 is 11.6 Å². The van der Waals surface area contributed by atoms with E-state index in [1.807, 2.05) is 18.2 Å². The SMILES string of the molecule is CC[C@@H]1CCCC[C@@](O)(CO)[C@@H]2CC[C@H]2CN2CCCCc3cc(Cl)ccc3COc3ccc(cc32)C(=O)NS1(=O)=O. The molecule has 0 saturated heterocycles. The first kappa shape index (κ1) is 31.1. The lowest BCUT2D eigenvalue weighted by Crippen LogP contribution is -2.53. The number of aliphatic hydroxyl groups excluding tert-OH is 1. The number of anilines is 1. The number of hydrogen-bond acceptors (Lipinski definition) is 7. The Balaban J connectivity index is 1.54. The monoisotopic (exact) mass is 618 g/mol. The summed E-state index contributed by atoms with van der Waals surface area (Å²) in [4.78, 5) is 15.5. The summed E-state index contributed by atoms with van der Waals surface area (Å²) in [5, 5.41) is 21.9.